The third-order valence-corrected chi connectivity index (χ3v) is 5.16. The summed E-state index contributed by atoms with van der Waals surface area (Å²) in [5.74, 6) is 1.93. The second-order valence-corrected chi connectivity index (χ2v) is 7.66. The van der Waals surface area contributed by atoms with Crippen molar-refractivity contribution in [2.24, 2.45) is 5.92 Å². The summed E-state index contributed by atoms with van der Waals surface area (Å²) in [6.07, 6.45) is 5.96. The fourth-order valence-corrected chi connectivity index (χ4v) is 3.13. The number of benzene rings is 2. The molecule has 1 aliphatic carbocycles. The summed E-state index contributed by atoms with van der Waals surface area (Å²) in [4.78, 5) is 16.9. The van der Waals surface area contributed by atoms with Crippen LogP contribution in [0.2, 0.25) is 0 Å². The molecule has 0 bridgehead atoms. The summed E-state index contributed by atoms with van der Waals surface area (Å²) in [5, 5.41) is 3.07. The van der Waals surface area contributed by atoms with Crippen molar-refractivity contribution < 1.29 is 14.3 Å². The molecule has 0 radical (unpaired) electrons. The Hall–Kier alpha value is -3.34. The SMILES string of the molecule is CC(NC(=O)c1ccccc1OCC1CC1)c1ccc(OCc2cccnc2)cc1. The summed E-state index contributed by atoms with van der Waals surface area (Å²) in [5.41, 5.74) is 2.60. The molecular formula is C25H26N2O3. The van der Waals surface area contributed by atoms with Gasteiger partial charge in [-0.1, -0.05) is 30.3 Å². The van der Waals surface area contributed by atoms with E-state index in [4.69, 9.17) is 9.47 Å². The van der Waals surface area contributed by atoms with Crippen LogP contribution in [0.1, 0.15) is 47.3 Å². The number of rotatable bonds is 9. The number of carbonyl (C=O) groups excluding carboxylic acids is 1. The normalized spacial score (nSPS) is 14.0. The molecule has 1 aromatic heterocycles. The van der Waals surface area contributed by atoms with Crippen LogP contribution in [0.5, 0.6) is 11.5 Å². The fourth-order valence-electron chi connectivity index (χ4n) is 3.13. The van der Waals surface area contributed by atoms with E-state index in [-0.39, 0.29) is 11.9 Å². The summed E-state index contributed by atoms with van der Waals surface area (Å²) in [7, 11) is 0. The monoisotopic (exact) mass is 402 g/mol. The van der Waals surface area contributed by atoms with Crippen LogP contribution in [0.15, 0.2) is 73.1 Å². The molecule has 2 aromatic carbocycles. The van der Waals surface area contributed by atoms with Crippen LogP contribution in [-0.4, -0.2) is 17.5 Å². The van der Waals surface area contributed by atoms with E-state index in [1.165, 1.54) is 12.8 Å². The molecule has 1 N–H and O–H groups in total. The number of aromatic nitrogens is 1. The lowest BCUT2D eigenvalue weighted by atomic mass is 10.1. The van der Waals surface area contributed by atoms with Crippen molar-refractivity contribution in [2.75, 3.05) is 6.61 Å². The Morgan fingerprint density at radius 1 is 1.07 bits per heavy atom. The maximum absolute atomic E-state index is 12.8. The molecule has 5 heteroatoms. The van der Waals surface area contributed by atoms with E-state index in [0.717, 1.165) is 16.9 Å². The highest BCUT2D eigenvalue weighted by molar-refractivity contribution is 5.97. The number of pyridine rings is 1. The quantitative estimate of drug-likeness (QED) is 0.551. The topological polar surface area (TPSA) is 60.5 Å². The number of hydrogen-bond acceptors (Lipinski definition) is 4. The Balaban J connectivity index is 1.34. The minimum Gasteiger partial charge on any atom is -0.492 e. The Labute approximate surface area is 177 Å². The summed E-state index contributed by atoms with van der Waals surface area (Å²) >= 11 is 0. The number of nitrogens with one attached hydrogen (secondary N) is 1. The van der Waals surface area contributed by atoms with Gasteiger partial charge in [0, 0.05) is 18.0 Å². The Morgan fingerprint density at radius 2 is 1.87 bits per heavy atom. The first-order valence-electron chi connectivity index (χ1n) is 10.3. The number of nitrogens with zero attached hydrogens (tertiary/aromatic N) is 1. The predicted molar refractivity (Wildman–Crippen MR) is 116 cm³/mol. The van der Waals surface area contributed by atoms with Crippen LogP contribution >= 0.6 is 0 Å². The zero-order valence-corrected chi connectivity index (χ0v) is 17.1. The molecule has 1 atom stereocenters. The number of para-hydroxylation sites is 1. The van der Waals surface area contributed by atoms with Gasteiger partial charge >= 0.3 is 0 Å². The van der Waals surface area contributed by atoms with Gasteiger partial charge in [-0.05, 0) is 61.6 Å². The first-order valence-corrected chi connectivity index (χ1v) is 10.3. The van der Waals surface area contributed by atoms with Crippen molar-refractivity contribution in [3.63, 3.8) is 0 Å². The van der Waals surface area contributed by atoms with Crippen molar-refractivity contribution in [1.82, 2.24) is 10.3 Å². The molecule has 0 saturated heterocycles. The van der Waals surface area contributed by atoms with Gasteiger partial charge in [0.05, 0.1) is 18.2 Å². The molecule has 1 fully saturated rings. The largest absolute Gasteiger partial charge is 0.492 e. The standard InChI is InChI=1S/C25H26N2O3/c1-18(21-10-12-22(13-11-21)29-17-20-5-4-14-26-15-20)27-25(28)23-6-2-3-7-24(23)30-16-19-8-9-19/h2-7,10-15,18-19H,8-9,16-17H2,1H3,(H,27,28). The Kier molecular flexibility index (Phi) is 6.28. The van der Waals surface area contributed by atoms with Gasteiger partial charge in [0.2, 0.25) is 0 Å². The van der Waals surface area contributed by atoms with E-state index < -0.39 is 0 Å². The fraction of sp³-hybridized carbons (Fsp3) is 0.280. The average molecular weight is 402 g/mol. The maximum atomic E-state index is 12.8. The van der Waals surface area contributed by atoms with Gasteiger partial charge in [-0.25, -0.2) is 0 Å². The van der Waals surface area contributed by atoms with Gasteiger partial charge in [0.15, 0.2) is 0 Å². The molecule has 0 aliphatic heterocycles. The number of hydrogen-bond donors (Lipinski definition) is 1. The second kappa shape index (κ2) is 9.44. The van der Waals surface area contributed by atoms with E-state index >= 15 is 0 Å². The molecular weight excluding hydrogens is 376 g/mol. The van der Waals surface area contributed by atoms with Crippen LogP contribution in [0.4, 0.5) is 0 Å². The molecule has 5 nitrogen and oxygen atoms in total. The molecule has 1 saturated carbocycles. The molecule has 1 unspecified atom stereocenters. The number of ether oxygens (including phenoxy) is 2. The van der Waals surface area contributed by atoms with Gasteiger partial charge in [0.1, 0.15) is 18.1 Å². The zero-order valence-electron chi connectivity index (χ0n) is 17.1. The molecule has 30 heavy (non-hydrogen) atoms. The predicted octanol–water partition coefficient (Wildman–Crippen LogP) is 4.94. The van der Waals surface area contributed by atoms with Gasteiger partial charge in [-0.2, -0.15) is 0 Å². The lowest BCUT2D eigenvalue weighted by molar-refractivity contribution is 0.0935. The lowest BCUT2D eigenvalue weighted by Crippen LogP contribution is -2.27. The molecule has 0 spiro atoms. The molecule has 1 amide bonds. The van der Waals surface area contributed by atoms with Crippen LogP contribution < -0.4 is 14.8 Å². The average Bonchev–Trinajstić information content (AvgIpc) is 3.62. The summed E-state index contributed by atoms with van der Waals surface area (Å²) in [6, 6.07) is 18.9. The molecule has 154 valence electrons. The molecule has 1 aliphatic rings. The number of carbonyl (C=O) groups is 1. The first-order chi connectivity index (χ1) is 14.7. The van der Waals surface area contributed by atoms with E-state index in [1.54, 1.807) is 18.5 Å². The van der Waals surface area contributed by atoms with Crippen molar-refractivity contribution in [3.05, 3.63) is 89.7 Å². The Morgan fingerprint density at radius 3 is 2.60 bits per heavy atom. The minimum absolute atomic E-state index is 0.134. The molecule has 1 heterocycles. The Bertz CT molecular complexity index is 969. The lowest BCUT2D eigenvalue weighted by Gasteiger charge is -2.17. The minimum atomic E-state index is -0.138. The summed E-state index contributed by atoms with van der Waals surface area (Å²) < 4.78 is 11.7. The highest BCUT2D eigenvalue weighted by Gasteiger charge is 2.23. The smallest absolute Gasteiger partial charge is 0.255 e. The van der Waals surface area contributed by atoms with E-state index in [2.05, 4.69) is 10.3 Å². The van der Waals surface area contributed by atoms with Gasteiger partial charge in [-0.3, -0.25) is 9.78 Å². The van der Waals surface area contributed by atoms with Crippen molar-refractivity contribution >= 4 is 5.91 Å². The van der Waals surface area contributed by atoms with Crippen molar-refractivity contribution in [3.8, 4) is 11.5 Å². The van der Waals surface area contributed by atoms with Crippen molar-refractivity contribution in [2.45, 2.75) is 32.4 Å². The third-order valence-electron chi connectivity index (χ3n) is 5.16. The highest BCUT2D eigenvalue weighted by atomic mass is 16.5. The van der Waals surface area contributed by atoms with Crippen LogP contribution in [-0.2, 0) is 6.61 Å². The van der Waals surface area contributed by atoms with E-state index in [0.29, 0.717) is 30.4 Å². The summed E-state index contributed by atoms with van der Waals surface area (Å²) in [6.45, 7) is 3.12. The van der Waals surface area contributed by atoms with Gasteiger partial charge in [0.25, 0.3) is 5.91 Å². The van der Waals surface area contributed by atoms with Crippen LogP contribution in [0, 0.1) is 5.92 Å². The van der Waals surface area contributed by atoms with Crippen LogP contribution in [0.3, 0.4) is 0 Å². The third kappa shape index (κ3) is 5.38. The second-order valence-electron chi connectivity index (χ2n) is 7.66. The zero-order chi connectivity index (χ0) is 20.8. The van der Waals surface area contributed by atoms with Gasteiger partial charge < -0.3 is 14.8 Å². The number of amides is 1. The molecule has 4 rings (SSSR count). The van der Waals surface area contributed by atoms with Crippen molar-refractivity contribution in [1.29, 1.82) is 0 Å². The van der Waals surface area contributed by atoms with Gasteiger partial charge in [-0.15, -0.1) is 0 Å². The highest BCUT2D eigenvalue weighted by Crippen LogP contribution is 2.30. The van der Waals surface area contributed by atoms with Crippen LogP contribution in [0.25, 0.3) is 0 Å². The van der Waals surface area contributed by atoms with E-state index in [9.17, 15) is 4.79 Å². The van der Waals surface area contributed by atoms with E-state index in [1.807, 2.05) is 61.5 Å². The first kappa shape index (κ1) is 20.0. The maximum Gasteiger partial charge on any atom is 0.255 e. The molecule has 3 aromatic rings.